The number of halogens is 1. The Morgan fingerprint density at radius 2 is 2.29 bits per heavy atom. The molecule has 0 aliphatic carbocycles. The van der Waals surface area contributed by atoms with Gasteiger partial charge in [0.15, 0.2) is 4.62 Å². The third kappa shape index (κ3) is 4.95. The highest BCUT2D eigenvalue weighted by Gasteiger charge is 2.02. The van der Waals surface area contributed by atoms with E-state index in [1.165, 1.54) is 6.92 Å². The highest BCUT2D eigenvalue weighted by atomic mass is 79.9. The average molecular weight is 301 g/mol. The summed E-state index contributed by atoms with van der Waals surface area (Å²) in [6.45, 7) is 3.90. The van der Waals surface area contributed by atoms with Crippen LogP contribution in [0.15, 0.2) is 23.5 Å². The van der Waals surface area contributed by atoms with E-state index in [0.29, 0.717) is 16.9 Å². The highest BCUT2D eigenvalue weighted by Crippen LogP contribution is 2.08. The zero-order valence-corrected chi connectivity index (χ0v) is 11.2. The predicted molar refractivity (Wildman–Crippen MR) is 66.8 cm³/mol. The Hall–Kier alpha value is -1.43. The number of oxime groups is 1. The Labute approximate surface area is 108 Å². The van der Waals surface area contributed by atoms with E-state index in [9.17, 15) is 4.79 Å². The van der Waals surface area contributed by atoms with Crippen LogP contribution in [0.2, 0.25) is 0 Å². The van der Waals surface area contributed by atoms with Gasteiger partial charge in [0.2, 0.25) is 0 Å². The fraction of sp³-hybridized carbons (Fsp3) is 0.364. The molecule has 6 heteroatoms. The first-order valence-corrected chi connectivity index (χ1v) is 5.87. The van der Waals surface area contributed by atoms with Crippen molar-refractivity contribution >= 4 is 26.5 Å². The Morgan fingerprint density at radius 1 is 1.53 bits per heavy atom. The van der Waals surface area contributed by atoms with Crippen LogP contribution < -0.4 is 0 Å². The summed E-state index contributed by atoms with van der Waals surface area (Å²) in [5, 5.41) is 3.82. The summed E-state index contributed by atoms with van der Waals surface area (Å²) in [7, 11) is 0. The van der Waals surface area contributed by atoms with Crippen LogP contribution >= 0.6 is 15.9 Å². The number of esters is 1. The molecule has 0 aromatic carbocycles. The first-order chi connectivity index (χ1) is 8.13. The molecule has 0 N–H and O–H groups in total. The lowest BCUT2D eigenvalue weighted by atomic mass is 10.3. The molecular weight excluding hydrogens is 288 g/mol. The van der Waals surface area contributed by atoms with E-state index in [1.807, 2.05) is 13.0 Å². The fourth-order valence-corrected chi connectivity index (χ4v) is 1.32. The molecule has 0 fully saturated rings. The topological polar surface area (TPSA) is 60.8 Å². The lowest BCUT2D eigenvalue weighted by Crippen LogP contribution is -2.01. The van der Waals surface area contributed by atoms with Crippen molar-refractivity contribution in [3.8, 4) is 0 Å². The number of nitrogens with zero attached hydrogens (tertiary/aromatic N) is 2. The summed E-state index contributed by atoms with van der Waals surface area (Å²) < 4.78 is 5.40. The van der Waals surface area contributed by atoms with Crippen LogP contribution in [0, 0.1) is 0 Å². The summed E-state index contributed by atoms with van der Waals surface area (Å²) in [6.07, 6.45) is 1.63. The van der Waals surface area contributed by atoms with Crippen LogP contribution in [0.4, 0.5) is 0 Å². The molecule has 1 aromatic rings. The van der Waals surface area contributed by atoms with Crippen molar-refractivity contribution in [2.75, 3.05) is 6.61 Å². The van der Waals surface area contributed by atoms with E-state index in [0.717, 1.165) is 5.56 Å². The molecule has 1 rings (SSSR count). The highest BCUT2D eigenvalue weighted by molar-refractivity contribution is 9.18. The SMILES string of the molecule is CCON=C(Br)c1ccc(COC(C)=O)nc1. The molecule has 0 amide bonds. The van der Waals surface area contributed by atoms with E-state index < -0.39 is 0 Å². The van der Waals surface area contributed by atoms with E-state index in [-0.39, 0.29) is 12.6 Å². The molecule has 0 bridgehead atoms. The molecule has 17 heavy (non-hydrogen) atoms. The number of ether oxygens (including phenoxy) is 1. The van der Waals surface area contributed by atoms with Crippen molar-refractivity contribution in [2.24, 2.45) is 5.16 Å². The molecule has 5 nitrogen and oxygen atoms in total. The number of hydrogen-bond donors (Lipinski definition) is 0. The second-order valence-corrected chi connectivity index (χ2v) is 3.87. The van der Waals surface area contributed by atoms with Crippen molar-refractivity contribution in [1.29, 1.82) is 0 Å². The summed E-state index contributed by atoms with van der Waals surface area (Å²) in [6, 6.07) is 3.58. The maximum atomic E-state index is 10.6. The van der Waals surface area contributed by atoms with Crippen LogP contribution in [0.3, 0.4) is 0 Å². The number of carbonyl (C=O) groups excluding carboxylic acids is 1. The molecule has 92 valence electrons. The molecule has 1 heterocycles. The van der Waals surface area contributed by atoms with Crippen LogP contribution in [0.5, 0.6) is 0 Å². The molecule has 0 unspecified atom stereocenters. The van der Waals surface area contributed by atoms with Gasteiger partial charge in [-0.3, -0.25) is 9.78 Å². The van der Waals surface area contributed by atoms with Gasteiger partial charge in [0.05, 0.1) is 5.69 Å². The quantitative estimate of drug-likeness (QED) is 0.475. The van der Waals surface area contributed by atoms with Crippen LogP contribution in [-0.4, -0.2) is 22.2 Å². The fourth-order valence-electron chi connectivity index (χ4n) is 0.981. The number of aromatic nitrogens is 1. The third-order valence-electron chi connectivity index (χ3n) is 1.76. The van der Waals surface area contributed by atoms with Gasteiger partial charge in [-0.25, -0.2) is 0 Å². The molecule has 0 atom stereocenters. The summed E-state index contributed by atoms with van der Waals surface area (Å²) in [5.74, 6) is -0.324. The van der Waals surface area contributed by atoms with Gasteiger partial charge in [-0.05, 0) is 35.0 Å². The lowest BCUT2D eigenvalue weighted by molar-refractivity contribution is -0.142. The van der Waals surface area contributed by atoms with Crippen LogP contribution in [-0.2, 0) is 21.0 Å². The third-order valence-corrected chi connectivity index (χ3v) is 2.36. The van der Waals surface area contributed by atoms with E-state index >= 15 is 0 Å². The summed E-state index contributed by atoms with van der Waals surface area (Å²) >= 11 is 3.27. The van der Waals surface area contributed by atoms with Crippen molar-refractivity contribution in [1.82, 2.24) is 4.98 Å². The zero-order valence-electron chi connectivity index (χ0n) is 9.64. The summed E-state index contributed by atoms with van der Waals surface area (Å²) in [5.41, 5.74) is 1.48. The van der Waals surface area contributed by atoms with Gasteiger partial charge in [-0.1, -0.05) is 5.16 Å². The van der Waals surface area contributed by atoms with Gasteiger partial charge >= 0.3 is 5.97 Å². The molecule has 0 radical (unpaired) electrons. The second-order valence-electron chi connectivity index (χ2n) is 3.12. The number of rotatable bonds is 5. The molecule has 0 aliphatic rings. The maximum absolute atomic E-state index is 10.6. The van der Waals surface area contributed by atoms with E-state index in [4.69, 9.17) is 9.57 Å². The minimum absolute atomic E-state index is 0.176. The molecule has 0 saturated heterocycles. The Balaban J connectivity index is 2.64. The molecule has 0 spiro atoms. The Morgan fingerprint density at radius 3 is 2.82 bits per heavy atom. The molecule has 0 saturated carbocycles. The van der Waals surface area contributed by atoms with Crippen LogP contribution in [0.1, 0.15) is 25.1 Å². The van der Waals surface area contributed by atoms with Gasteiger partial charge in [-0.15, -0.1) is 0 Å². The largest absolute Gasteiger partial charge is 0.459 e. The second kappa shape index (κ2) is 7.01. The minimum Gasteiger partial charge on any atom is -0.459 e. The van der Waals surface area contributed by atoms with Crippen LogP contribution in [0.25, 0.3) is 0 Å². The smallest absolute Gasteiger partial charge is 0.303 e. The monoisotopic (exact) mass is 300 g/mol. The molecule has 0 aliphatic heterocycles. The summed E-state index contributed by atoms with van der Waals surface area (Å²) in [4.78, 5) is 19.7. The minimum atomic E-state index is -0.324. The number of carbonyl (C=O) groups is 1. The zero-order chi connectivity index (χ0) is 12.7. The lowest BCUT2D eigenvalue weighted by Gasteiger charge is -2.02. The molecular formula is C11H13BrN2O3. The van der Waals surface area contributed by atoms with Gasteiger partial charge in [0.1, 0.15) is 13.2 Å². The van der Waals surface area contributed by atoms with Crippen molar-refractivity contribution in [2.45, 2.75) is 20.5 Å². The van der Waals surface area contributed by atoms with Gasteiger partial charge in [-0.2, -0.15) is 0 Å². The van der Waals surface area contributed by atoms with Gasteiger partial charge < -0.3 is 9.57 Å². The maximum Gasteiger partial charge on any atom is 0.303 e. The Kier molecular flexibility index (Phi) is 5.62. The van der Waals surface area contributed by atoms with Crippen molar-refractivity contribution < 1.29 is 14.4 Å². The first-order valence-electron chi connectivity index (χ1n) is 5.07. The predicted octanol–water partition coefficient (Wildman–Crippen LogP) is 2.24. The van der Waals surface area contributed by atoms with E-state index in [2.05, 4.69) is 26.1 Å². The first kappa shape index (κ1) is 13.6. The number of hydrogen-bond acceptors (Lipinski definition) is 5. The van der Waals surface area contributed by atoms with Gasteiger partial charge in [0.25, 0.3) is 0 Å². The van der Waals surface area contributed by atoms with Crippen molar-refractivity contribution in [3.05, 3.63) is 29.6 Å². The van der Waals surface area contributed by atoms with Crippen molar-refractivity contribution in [3.63, 3.8) is 0 Å². The Bertz CT molecular complexity index is 404. The normalized spacial score (nSPS) is 11.1. The standard InChI is InChI=1S/C11H13BrN2O3/c1-3-17-14-11(12)9-4-5-10(13-6-9)7-16-8(2)15/h4-6H,3,7H2,1-2H3. The van der Waals surface area contributed by atoms with E-state index in [1.54, 1.807) is 12.3 Å². The molecule has 1 aromatic heterocycles. The average Bonchev–Trinajstić information content (AvgIpc) is 2.34. The number of pyridine rings is 1. The van der Waals surface area contributed by atoms with Gasteiger partial charge in [0, 0.05) is 18.7 Å².